The number of nitrogens with two attached hydrogens (primary N) is 1. The molecule has 0 aliphatic carbocycles. The molecule has 148 valence electrons. The molecule has 0 bridgehead atoms. The Kier molecular flexibility index (Phi) is 4.80. The molecule has 28 heavy (non-hydrogen) atoms. The van der Waals surface area contributed by atoms with Crippen LogP contribution in [0.25, 0.3) is 11.2 Å². The van der Waals surface area contributed by atoms with Gasteiger partial charge < -0.3 is 33.9 Å². The summed E-state index contributed by atoms with van der Waals surface area (Å²) in [5.74, 6) is 1.50. The number of hydrogen-bond acceptors (Lipinski definition) is 9. The van der Waals surface area contributed by atoms with E-state index in [1.165, 1.54) is 18.5 Å². The summed E-state index contributed by atoms with van der Waals surface area (Å²) in [6.45, 7) is 2.23. The number of rotatable bonds is 7. The van der Waals surface area contributed by atoms with Gasteiger partial charge in [-0.05, 0) is 19.1 Å². The predicted molar refractivity (Wildman–Crippen MR) is 98.2 cm³/mol. The molecule has 0 saturated heterocycles. The van der Waals surface area contributed by atoms with Gasteiger partial charge in [0.2, 0.25) is 6.79 Å². The lowest BCUT2D eigenvalue weighted by atomic mass is 10.3. The minimum atomic E-state index is -4.03. The molecule has 0 spiro atoms. The van der Waals surface area contributed by atoms with Crippen LogP contribution in [0, 0.1) is 0 Å². The lowest BCUT2D eigenvalue weighted by Crippen LogP contribution is -2.18. The summed E-state index contributed by atoms with van der Waals surface area (Å²) in [5.41, 5.74) is 6.82. The van der Waals surface area contributed by atoms with E-state index in [2.05, 4.69) is 15.0 Å². The Labute approximate surface area is 159 Å². The minimum Gasteiger partial charge on any atom is -0.454 e. The van der Waals surface area contributed by atoms with Crippen LogP contribution >= 0.6 is 7.60 Å². The van der Waals surface area contributed by atoms with Crippen molar-refractivity contribution in [2.45, 2.75) is 19.6 Å². The molecule has 0 amide bonds. The summed E-state index contributed by atoms with van der Waals surface area (Å²) in [6.07, 6.45) is 2.03. The van der Waals surface area contributed by atoms with Crippen molar-refractivity contribution in [3.05, 3.63) is 30.9 Å². The molecule has 2 aromatic heterocycles. The van der Waals surface area contributed by atoms with Crippen molar-refractivity contribution in [2.24, 2.45) is 0 Å². The number of aromatic nitrogens is 4. The third-order valence-electron chi connectivity index (χ3n) is 4.00. The van der Waals surface area contributed by atoms with E-state index in [-0.39, 0.29) is 18.4 Å². The predicted octanol–water partition coefficient (Wildman–Crippen LogP) is 1.76. The molecule has 3 heterocycles. The molecule has 3 N–H and O–H groups in total. The van der Waals surface area contributed by atoms with Crippen LogP contribution in [-0.2, 0) is 15.8 Å². The van der Waals surface area contributed by atoms with Gasteiger partial charge in [0.15, 0.2) is 29.3 Å². The zero-order valence-corrected chi connectivity index (χ0v) is 15.8. The molecule has 3 aromatic rings. The Morgan fingerprint density at radius 3 is 3.00 bits per heavy atom. The topological polar surface area (TPSA) is 144 Å². The van der Waals surface area contributed by atoms with E-state index >= 15 is 0 Å². The van der Waals surface area contributed by atoms with Crippen LogP contribution in [0.3, 0.4) is 0 Å². The Bertz CT molecular complexity index is 1060. The van der Waals surface area contributed by atoms with Crippen molar-refractivity contribution in [3.8, 4) is 17.2 Å². The number of anilines is 1. The normalized spacial score (nSPS) is 16.1. The molecule has 1 aromatic carbocycles. The Morgan fingerprint density at radius 2 is 2.14 bits per heavy atom. The van der Waals surface area contributed by atoms with Crippen LogP contribution in [0.1, 0.15) is 6.92 Å². The number of fused-ring (bicyclic) bond motifs is 2. The maximum atomic E-state index is 12.3. The number of imidazole rings is 1. The van der Waals surface area contributed by atoms with Crippen LogP contribution < -0.4 is 19.7 Å². The highest BCUT2D eigenvalue weighted by Crippen LogP contribution is 2.45. The SMILES string of the molecule is CC(Cn1cnc2c(N)ncnc21)OCP(=O)(O)Oc1ccc2c(c1)OCO2. The Balaban J connectivity index is 1.36. The summed E-state index contributed by atoms with van der Waals surface area (Å²) >= 11 is 0. The second-order valence-electron chi connectivity index (χ2n) is 6.18. The van der Waals surface area contributed by atoms with E-state index in [9.17, 15) is 9.46 Å². The first-order valence-electron chi connectivity index (χ1n) is 8.35. The summed E-state index contributed by atoms with van der Waals surface area (Å²) < 4.78 is 35.2. The third kappa shape index (κ3) is 3.86. The maximum Gasteiger partial charge on any atom is 0.402 e. The molecule has 1 aliphatic heterocycles. The fourth-order valence-electron chi connectivity index (χ4n) is 2.71. The van der Waals surface area contributed by atoms with Gasteiger partial charge in [-0.25, -0.2) is 19.5 Å². The molecule has 0 saturated carbocycles. The molecule has 2 atom stereocenters. The fourth-order valence-corrected chi connectivity index (χ4v) is 3.65. The van der Waals surface area contributed by atoms with Gasteiger partial charge in [-0.1, -0.05) is 0 Å². The zero-order valence-electron chi connectivity index (χ0n) is 14.9. The summed E-state index contributed by atoms with van der Waals surface area (Å²) in [6, 6.07) is 4.64. The number of benzene rings is 1. The van der Waals surface area contributed by atoms with E-state index in [1.807, 2.05) is 0 Å². The molecule has 0 radical (unpaired) electrons. The first kappa shape index (κ1) is 18.5. The quantitative estimate of drug-likeness (QED) is 0.556. The van der Waals surface area contributed by atoms with Gasteiger partial charge in [0.25, 0.3) is 0 Å². The lowest BCUT2D eigenvalue weighted by Gasteiger charge is -2.18. The standard InChI is InChI=1S/C16H18N5O6P/c1-10(5-21-7-20-14-15(17)18-6-19-16(14)21)26-9-28(22,23)27-11-2-3-12-13(4-11)25-8-24-12/h2-4,6-7,10H,5,8-9H2,1H3,(H,22,23)(H2,17,18,19). The second kappa shape index (κ2) is 7.27. The van der Waals surface area contributed by atoms with Crippen molar-refractivity contribution in [1.29, 1.82) is 0 Å². The van der Waals surface area contributed by atoms with Gasteiger partial charge in [-0.3, -0.25) is 0 Å². The molecule has 1 aliphatic rings. The van der Waals surface area contributed by atoms with E-state index < -0.39 is 20.0 Å². The number of ether oxygens (including phenoxy) is 3. The van der Waals surface area contributed by atoms with E-state index in [1.54, 1.807) is 23.9 Å². The van der Waals surface area contributed by atoms with E-state index in [0.29, 0.717) is 29.2 Å². The molecular weight excluding hydrogens is 389 g/mol. The highest BCUT2D eigenvalue weighted by Gasteiger charge is 2.25. The third-order valence-corrected chi connectivity index (χ3v) is 4.97. The average molecular weight is 407 g/mol. The molecular formula is C16H18N5O6P. The smallest absolute Gasteiger partial charge is 0.402 e. The van der Waals surface area contributed by atoms with Crippen LogP contribution in [0.5, 0.6) is 17.2 Å². The molecule has 0 fully saturated rings. The summed E-state index contributed by atoms with van der Waals surface area (Å²) in [5, 5.41) is 0. The van der Waals surface area contributed by atoms with Crippen LogP contribution in [-0.4, -0.2) is 43.7 Å². The number of nitrogen functional groups attached to an aromatic ring is 1. The fraction of sp³-hybridized carbons (Fsp3) is 0.312. The second-order valence-corrected chi connectivity index (χ2v) is 7.89. The number of hydrogen-bond donors (Lipinski definition) is 2. The molecule has 2 unspecified atom stereocenters. The molecule has 12 heteroatoms. The number of nitrogens with zero attached hydrogens (tertiary/aromatic N) is 4. The van der Waals surface area contributed by atoms with Crippen molar-refractivity contribution in [3.63, 3.8) is 0 Å². The van der Waals surface area contributed by atoms with Gasteiger partial charge in [0.1, 0.15) is 17.6 Å². The molecule has 11 nitrogen and oxygen atoms in total. The van der Waals surface area contributed by atoms with Gasteiger partial charge >= 0.3 is 7.60 Å². The van der Waals surface area contributed by atoms with Gasteiger partial charge in [0, 0.05) is 6.07 Å². The van der Waals surface area contributed by atoms with Gasteiger partial charge in [-0.2, -0.15) is 0 Å². The average Bonchev–Trinajstić information content (AvgIpc) is 3.27. The highest BCUT2D eigenvalue weighted by molar-refractivity contribution is 7.53. The first-order valence-corrected chi connectivity index (χ1v) is 10.1. The van der Waals surface area contributed by atoms with E-state index in [4.69, 9.17) is 24.5 Å². The van der Waals surface area contributed by atoms with Crippen molar-refractivity contribution in [2.75, 3.05) is 18.9 Å². The first-order chi connectivity index (χ1) is 13.4. The maximum absolute atomic E-state index is 12.3. The lowest BCUT2D eigenvalue weighted by molar-refractivity contribution is 0.0772. The Hall–Kier alpha value is -2.88. The molecule has 4 rings (SSSR count). The zero-order chi connectivity index (χ0) is 19.7. The minimum absolute atomic E-state index is 0.107. The van der Waals surface area contributed by atoms with Crippen LogP contribution in [0.4, 0.5) is 5.82 Å². The monoisotopic (exact) mass is 407 g/mol. The van der Waals surface area contributed by atoms with Crippen molar-refractivity contribution < 1.29 is 28.2 Å². The van der Waals surface area contributed by atoms with Gasteiger partial charge in [0.05, 0.1) is 19.0 Å². The van der Waals surface area contributed by atoms with Crippen LogP contribution in [0.15, 0.2) is 30.9 Å². The largest absolute Gasteiger partial charge is 0.454 e. The van der Waals surface area contributed by atoms with Crippen molar-refractivity contribution in [1.82, 2.24) is 19.5 Å². The van der Waals surface area contributed by atoms with Gasteiger partial charge in [-0.15, -0.1) is 0 Å². The Morgan fingerprint density at radius 1 is 1.32 bits per heavy atom. The van der Waals surface area contributed by atoms with E-state index in [0.717, 1.165) is 0 Å². The van der Waals surface area contributed by atoms with Crippen LogP contribution in [0.2, 0.25) is 0 Å². The highest BCUT2D eigenvalue weighted by atomic mass is 31.2. The van der Waals surface area contributed by atoms with Crippen molar-refractivity contribution >= 4 is 24.6 Å². The summed E-state index contributed by atoms with van der Waals surface area (Å²) in [4.78, 5) is 22.3. The summed E-state index contributed by atoms with van der Waals surface area (Å²) in [7, 11) is -4.03.